The van der Waals surface area contributed by atoms with Crippen molar-refractivity contribution < 1.29 is 62.7 Å². The van der Waals surface area contributed by atoms with Gasteiger partial charge < -0.3 is 12.3 Å². The van der Waals surface area contributed by atoms with Gasteiger partial charge in [-0.25, -0.2) is 0 Å². The van der Waals surface area contributed by atoms with Crippen molar-refractivity contribution in [3.05, 3.63) is 0 Å². The molecule has 0 aromatic carbocycles. The first-order valence-electron chi connectivity index (χ1n) is 2.19. The van der Waals surface area contributed by atoms with Crippen molar-refractivity contribution >= 4 is 5.97 Å². The molecule has 8 heavy (non-hydrogen) atoms. The molecule has 0 aliphatic rings. The fraction of sp³-hybridized carbons (Fsp3) is 0.750. The van der Waals surface area contributed by atoms with Crippen molar-refractivity contribution in [2.45, 2.75) is 12.8 Å². The van der Waals surface area contributed by atoms with Crippen molar-refractivity contribution in [1.82, 2.24) is 0 Å². The number of carbonyl (C=O) groups is 1. The molecule has 0 saturated heterocycles. The number of carboxylic acid groups (broad SMARTS) is 1. The molecule has 0 amide bonds. The Bertz CT molecular complexity index is 71.6. The van der Waals surface area contributed by atoms with Crippen molar-refractivity contribution in [2.24, 2.45) is 5.73 Å². The Morgan fingerprint density at radius 1 is 1.75 bits per heavy atom. The third kappa shape index (κ3) is 10.1. The van der Waals surface area contributed by atoms with Gasteiger partial charge in [0.25, 0.3) is 0 Å². The van der Waals surface area contributed by atoms with Crippen molar-refractivity contribution in [2.75, 3.05) is 6.54 Å². The number of aliphatic carboxylic acids is 1. The number of carboxylic acids is 1. The van der Waals surface area contributed by atoms with Gasteiger partial charge >= 0.3 is 57.4 Å². The predicted molar refractivity (Wildman–Crippen MR) is 27.0 cm³/mol. The van der Waals surface area contributed by atoms with E-state index in [1.165, 1.54) is 0 Å². The summed E-state index contributed by atoms with van der Waals surface area (Å²) in [6.45, 7) is 0.465. The third-order valence-electron chi connectivity index (χ3n) is 0.595. The molecule has 0 aromatic heterocycles. The molecule has 0 radical (unpaired) electrons. The predicted octanol–water partition coefficient (Wildman–Crippen LogP) is -3.07. The van der Waals surface area contributed by atoms with E-state index in [2.05, 4.69) is 0 Å². The van der Waals surface area contributed by atoms with E-state index in [9.17, 15) is 4.79 Å². The molecule has 0 unspecified atom stereocenters. The summed E-state index contributed by atoms with van der Waals surface area (Å²) in [4.78, 5) is 9.70. The van der Waals surface area contributed by atoms with Gasteiger partial charge in [0, 0.05) is 6.42 Å². The van der Waals surface area contributed by atoms with Gasteiger partial charge in [-0.05, 0) is 13.0 Å². The van der Waals surface area contributed by atoms with Crippen LogP contribution in [-0.4, -0.2) is 17.6 Å². The zero-order valence-electron chi connectivity index (χ0n) is 6.05. The molecule has 0 atom stereocenters. The molecule has 44 valence electrons. The van der Waals surface area contributed by atoms with Gasteiger partial charge in [-0.3, -0.25) is 4.79 Å². The Morgan fingerprint density at radius 3 is 2.38 bits per heavy atom. The van der Waals surface area contributed by atoms with Crippen LogP contribution in [0.4, 0.5) is 0 Å². The van der Waals surface area contributed by atoms with E-state index in [-0.39, 0.29) is 59.2 Å². The van der Waals surface area contributed by atoms with Crippen molar-refractivity contribution in [3.8, 4) is 0 Å². The molecule has 0 aliphatic heterocycles. The summed E-state index contributed by atoms with van der Waals surface area (Å²) in [5, 5.41) is 7.99. The molecule has 3 nitrogen and oxygen atoms in total. The molecule has 0 aromatic rings. The standard InChI is InChI=1S/C4H9NO2.K.H/c5-3-1-2-4(6)7;;/h1-3,5H2,(H,6,7);;/q;+1;-1. The van der Waals surface area contributed by atoms with Gasteiger partial charge in [-0.15, -0.1) is 0 Å². The minimum absolute atomic E-state index is 0. The van der Waals surface area contributed by atoms with Crippen LogP contribution in [0.25, 0.3) is 0 Å². The first kappa shape index (κ1) is 11.8. The Kier molecular flexibility index (Phi) is 11.9. The SMILES string of the molecule is NCCCC(=O)O.[H-].[K+]. The minimum Gasteiger partial charge on any atom is -1.00 e. The van der Waals surface area contributed by atoms with Crippen LogP contribution in [0.5, 0.6) is 0 Å². The summed E-state index contributed by atoms with van der Waals surface area (Å²) in [6.07, 6.45) is 0.770. The zero-order valence-corrected chi connectivity index (χ0v) is 8.18. The van der Waals surface area contributed by atoms with Crippen LogP contribution in [-0.2, 0) is 4.79 Å². The Balaban J connectivity index is -0.000000180. The molecule has 3 N–H and O–H groups in total. The van der Waals surface area contributed by atoms with Crippen LogP contribution in [0, 0.1) is 0 Å². The molecular formula is C4H10KNO2. The Hall–Kier alpha value is 1.07. The van der Waals surface area contributed by atoms with E-state index in [0.717, 1.165) is 0 Å². The smallest absolute Gasteiger partial charge is 1.00 e. The van der Waals surface area contributed by atoms with Crippen molar-refractivity contribution in [1.29, 1.82) is 0 Å². The van der Waals surface area contributed by atoms with E-state index in [0.29, 0.717) is 13.0 Å². The minimum atomic E-state index is -0.773. The number of nitrogens with two attached hydrogens (primary N) is 1. The maximum Gasteiger partial charge on any atom is 1.00 e. The second-order valence-corrected chi connectivity index (χ2v) is 1.29. The summed E-state index contributed by atoms with van der Waals surface area (Å²) >= 11 is 0. The van der Waals surface area contributed by atoms with E-state index < -0.39 is 5.97 Å². The molecule has 0 saturated carbocycles. The number of hydrogen-bond acceptors (Lipinski definition) is 2. The van der Waals surface area contributed by atoms with E-state index in [4.69, 9.17) is 10.8 Å². The van der Waals surface area contributed by atoms with Crippen LogP contribution in [0.3, 0.4) is 0 Å². The molecule has 0 rings (SSSR count). The van der Waals surface area contributed by atoms with Gasteiger partial charge in [0.2, 0.25) is 0 Å². The average Bonchev–Trinajstić information content (AvgIpc) is 1.61. The Labute approximate surface area is 92.5 Å². The average molecular weight is 143 g/mol. The van der Waals surface area contributed by atoms with Gasteiger partial charge in [-0.2, -0.15) is 0 Å². The zero-order chi connectivity index (χ0) is 5.70. The first-order valence-corrected chi connectivity index (χ1v) is 2.19. The van der Waals surface area contributed by atoms with E-state index >= 15 is 0 Å². The second-order valence-electron chi connectivity index (χ2n) is 1.29. The van der Waals surface area contributed by atoms with Gasteiger partial charge in [-0.1, -0.05) is 0 Å². The van der Waals surface area contributed by atoms with Crippen LogP contribution < -0.4 is 57.1 Å². The van der Waals surface area contributed by atoms with E-state index in [1.807, 2.05) is 0 Å². The molecule has 0 fully saturated rings. The van der Waals surface area contributed by atoms with Crippen LogP contribution >= 0.6 is 0 Å². The van der Waals surface area contributed by atoms with Gasteiger partial charge in [0.05, 0.1) is 0 Å². The monoisotopic (exact) mass is 143 g/mol. The summed E-state index contributed by atoms with van der Waals surface area (Å²) in [5.41, 5.74) is 5.01. The summed E-state index contributed by atoms with van der Waals surface area (Å²) in [7, 11) is 0. The van der Waals surface area contributed by atoms with E-state index in [1.54, 1.807) is 0 Å². The fourth-order valence-electron chi connectivity index (χ4n) is 0.253. The molecule has 0 bridgehead atoms. The quantitative estimate of drug-likeness (QED) is 0.412. The van der Waals surface area contributed by atoms with Crippen LogP contribution in [0.15, 0.2) is 0 Å². The molecule has 0 heterocycles. The molecule has 0 spiro atoms. The summed E-state index contributed by atoms with van der Waals surface area (Å²) in [5.74, 6) is -0.773. The molecular weight excluding hydrogens is 133 g/mol. The largest absolute Gasteiger partial charge is 1.00 e. The maximum atomic E-state index is 9.70. The van der Waals surface area contributed by atoms with Gasteiger partial charge in [0.1, 0.15) is 0 Å². The third-order valence-corrected chi connectivity index (χ3v) is 0.595. The van der Waals surface area contributed by atoms with Crippen LogP contribution in [0.2, 0.25) is 0 Å². The number of rotatable bonds is 3. The maximum absolute atomic E-state index is 9.70. The van der Waals surface area contributed by atoms with Gasteiger partial charge in [0.15, 0.2) is 0 Å². The number of hydrogen-bond donors (Lipinski definition) is 2. The Morgan fingerprint density at radius 2 is 2.25 bits per heavy atom. The van der Waals surface area contributed by atoms with Crippen LogP contribution in [0.1, 0.15) is 14.3 Å². The fourth-order valence-corrected chi connectivity index (χ4v) is 0.253. The molecule has 4 heteroatoms. The summed E-state index contributed by atoms with van der Waals surface area (Å²) < 4.78 is 0. The normalized spacial score (nSPS) is 7.62. The first-order chi connectivity index (χ1) is 3.27. The molecule has 0 aliphatic carbocycles. The van der Waals surface area contributed by atoms with Crippen molar-refractivity contribution in [3.63, 3.8) is 0 Å². The topological polar surface area (TPSA) is 63.3 Å². The second kappa shape index (κ2) is 8.07. The summed E-state index contributed by atoms with van der Waals surface area (Å²) in [6, 6.07) is 0.